The molecule has 5 aromatic carbocycles. The molecule has 2 fully saturated rings. The van der Waals surface area contributed by atoms with E-state index in [1.54, 1.807) is 43.3 Å². The maximum atomic E-state index is 15.4. The molecule has 17 N–H and O–H groups in total. The number of nitrogens with one attached hydrogen (secondary N) is 14. The zero-order chi connectivity index (χ0) is 82.5. The Labute approximate surface area is 665 Å². The summed E-state index contributed by atoms with van der Waals surface area (Å²) in [5.41, 5.74) is 8.20. The van der Waals surface area contributed by atoms with Gasteiger partial charge in [-0.05, 0) is 139 Å². The Kier molecular flexibility index (Phi) is 33.2. The first-order valence-electron chi connectivity index (χ1n) is 38.1. The lowest BCUT2D eigenvalue weighted by atomic mass is 9.99. The number of primary amides is 1. The quantitative estimate of drug-likeness (QED) is 0.0246. The monoisotopic (exact) mass is 1590 g/mol. The fraction of sp³-hybridized carbons (Fsp3) is 0.420. The number of carbonyl (C=O) groups excluding carboxylic acids is 14. The molecule has 1 aromatic heterocycles. The van der Waals surface area contributed by atoms with Crippen molar-refractivity contribution in [3.8, 4) is 0 Å². The number of hydrogen-bond donors (Lipinski definition) is 16. The molecular formula is C81H102ClN17O15. The lowest BCUT2D eigenvalue weighted by Gasteiger charge is -2.31. The SMILES string of the molecule is CCNC(=O)[C@@H]1CCCN1C(=O)[C@H](CCCCNC(C)C)NC(=O)[C@H](CC(C)C)NC(=O)[C@@H](Cc1ccc(NC(N)=O)cc1)NC(=O)[C@H](Cc1ccc(NC(=O)[C@H]2CC(=O)NC(=O)N2)cc1)NC(=O)[C@H](CO)NC(=O)[C@@H](Cc1cccnc1)NC(=O)[C@@H](Cc1ccc(Cl)cc1)NC(=O)[C@@H](Cc1ccc2ccccc2c1)NC(C)=O. The molecule has 0 radical (unpaired) electrons. The van der Waals surface area contributed by atoms with Crippen LogP contribution in [0.2, 0.25) is 5.02 Å². The highest BCUT2D eigenvalue weighted by atomic mass is 35.5. The predicted molar refractivity (Wildman–Crippen MR) is 426 cm³/mol. The second-order valence-corrected chi connectivity index (χ2v) is 29.5. The zero-order valence-electron chi connectivity index (χ0n) is 64.5. The van der Waals surface area contributed by atoms with E-state index in [-0.39, 0.29) is 80.7 Å². The number of fused-ring (bicyclic) bond motifs is 1. The van der Waals surface area contributed by atoms with Crippen molar-refractivity contribution in [3.05, 3.63) is 173 Å². The van der Waals surface area contributed by atoms with Crippen molar-refractivity contribution in [1.82, 2.24) is 73.7 Å². The molecule has 0 aliphatic carbocycles. The Bertz CT molecular complexity index is 4370. The van der Waals surface area contributed by atoms with E-state index in [0.717, 1.165) is 10.8 Å². The minimum atomic E-state index is -1.90. The van der Waals surface area contributed by atoms with Gasteiger partial charge in [0, 0.05) is 87.0 Å². The summed E-state index contributed by atoms with van der Waals surface area (Å²) < 4.78 is 0. The molecule has 6 aromatic rings. The van der Waals surface area contributed by atoms with Crippen LogP contribution in [0.15, 0.2) is 140 Å². The number of likely N-dealkylation sites (tertiary alicyclic amines) is 1. The number of anilines is 2. The van der Waals surface area contributed by atoms with Gasteiger partial charge in [0.25, 0.3) is 0 Å². The first-order valence-corrected chi connectivity index (χ1v) is 38.5. The number of aliphatic hydroxyl groups excluding tert-OH is 1. The number of pyridine rings is 1. The lowest BCUT2D eigenvalue weighted by Crippen LogP contribution is -2.62. The number of unbranched alkanes of at least 4 members (excludes halogenated alkanes) is 1. The van der Waals surface area contributed by atoms with Crippen LogP contribution in [0.5, 0.6) is 0 Å². The van der Waals surface area contributed by atoms with Crippen LogP contribution in [0.4, 0.5) is 21.0 Å². The molecule has 32 nitrogen and oxygen atoms in total. The molecule has 0 spiro atoms. The second-order valence-electron chi connectivity index (χ2n) is 29.0. The number of amides is 16. The average molecular weight is 1590 g/mol. The summed E-state index contributed by atoms with van der Waals surface area (Å²) in [5.74, 6) is -9.55. The number of aromatic nitrogens is 1. The molecule has 608 valence electrons. The fourth-order valence-electron chi connectivity index (χ4n) is 13.3. The van der Waals surface area contributed by atoms with Crippen molar-refractivity contribution in [2.75, 3.05) is 36.9 Å². The van der Waals surface area contributed by atoms with Gasteiger partial charge in [-0.2, -0.15) is 0 Å². The highest BCUT2D eigenvalue weighted by molar-refractivity contribution is 6.30. The number of hydrogen-bond acceptors (Lipinski definition) is 17. The number of likely N-dealkylation sites (N-methyl/N-ethyl adjacent to an activating group) is 1. The van der Waals surface area contributed by atoms with Crippen LogP contribution in [0.3, 0.4) is 0 Å². The van der Waals surface area contributed by atoms with Gasteiger partial charge in [-0.25, -0.2) is 9.59 Å². The minimum Gasteiger partial charge on any atom is -0.394 e. The number of rotatable bonds is 40. The van der Waals surface area contributed by atoms with Gasteiger partial charge in [-0.15, -0.1) is 0 Å². The molecule has 0 saturated carbocycles. The van der Waals surface area contributed by atoms with E-state index >= 15 is 9.59 Å². The molecule has 8 rings (SSSR count). The Balaban J connectivity index is 1.09. The maximum absolute atomic E-state index is 15.4. The number of nitrogens with two attached hydrogens (primary N) is 1. The maximum Gasteiger partial charge on any atom is 0.322 e. The summed E-state index contributed by atoms with van der Waals surface area (Å²) >= 11 is 6.27. The molecule has 114 heavy (non-hydrogen) atoms. The van der Waals surface area contributed by atoms with Gasteiger partial charge < -0.3 is 84.9 Å². The van der Waals surface area contributed by atoms with E-state index < -0.39 is 150 Å². The summed E-state index contributed by atoms with van der Waals surface area (Å²) in [6, 6.07) is 19.2. The normalized spacial score (nSPS) is 16.0. The molecule has 2 aliphatic rings. The fourth-order valence-corrected chi connectivity index (χ4v) is 13.4. The number of halogens is 1. The first kappa shape index (κ1) is 87.7. The molecule has 0 bridgehead atoms. The van der Waals surface area contributed by atoms with E-state index in [1.165, 1.54) is 72.7 Å². The molecular weight excluding hydrogens is 1490 g/mol. The summed E-state index contributed by atoms with van der Waals surface area (Å²) in [6.07, 6.45) is 3.68. The second kappa shape index (κ2) is 43.2. The van der Waals surface area contributed by atoms with Crippen molar-refractivity contribution in [2.45, 2.75) is 185 Å². The largest absolute Gasteiger partial charge is 0.394 e. The molecule has 16 amide bonds. The van der Waals surface area contributed by atoms with Crippen molar-refractivity contribution in [2.24, 2.45) is 11.7 Å². The number of urea groups is 2. The molecule has 2 aliphatic heterocycles. The third-order valence-electron chi connectivity index (χ3n) is 19.0. The smallest absolute Gasteiger partial charge is 0.322 e. The summed E-state index contributed by atoms with van der Waals surface area (Å²) in [5, 5.41) is 50.8. The van der Waals surface area contributed by atoms with Gasteiger partial charge in [-0.1, -0.05) is 124 Å². The Morgan fingerprint density at radius 2 is 1.05 bits per heavy atom. The van der Waals surface area contributed by atoms with Gasteiger partial charge in [0.15, 0.2) is 0 Å². The van der Waals surface area contributed by atoms with E-state index in [4.69, 9.17) is 17.3 Å². The highest BCUT2D eigenvalue weighted by Crippen LogP contribution is 2.23. The van der Waals surface area contributed by atoms with Crippen LogP contribution in [-0.2, 0) is 89.6 Å². The number of nitrogens with zero attached hydrogens (tertiary/aromatic N) is 2. The van der Waals surface area contributed by atoms with Gasteiger partial charge in [0.1, 0.15) is 60.4 Å². The topological polar surface area (TPSA) is 470 Å². The van der Waals surface area contributed by atoms with Gasteiger partial charge >= 0.3 is 12.1 Å². The van der Waals surface area contributed by atoms with Crippen molar-refractivity contribution >= 4 is 117 Å². The van der Waals surface area contributed by atoms with Crippen molar-refractivity contribution in [3.63, 3.8) is 0 Å². The molecule has 10 atom stereocenters. The third kappa shape index (κ3) is 27.5. The number of aliphatic hydroxyl groups is 1. The first-order chi connectivity index (χ1) is 54.5. The number of carbonyl (C=O) groups is 14. The van der Waals surface area contributed by atoms with Crippen LogP contribution in [0, 0.1) is 5.92 Å². The standard InChI is InChI=1S/C81H102ClN17O15/c1-7-85-78(111)68-18-13-35-99(68)79(112)59(17-10-11-34-86-47(4)5)90-71(104)60(36-46(2)3)91-73(106)63(39-51-24-31-58(32-25-51)89-80(83)113)93-75(108)64(40-50-22-29-57(30-23-50)88-70(103)66-43-69(102)98-81(114)97-66)95-77(110)67(45-100)96-76(109)65(42-53-14-12-33-84-44-53)94-74(107)62(38-49-20-27-56(82)28-21-49)92-72(105)61(87-48(6)101)41-52-19-26-54-15-8-9-16-55(54)37-52/h8-9,12,14-16,19-33,37,44,46-47,59-68,86,100H,7,10-11,13,17-18,34-36,38-43,45H2,1-6H3,(H,85,111)(H,87,101)(H,88,103)(H,90,104)(H,91,106)(H,92,105)(H,93,108)(H,94,107)(H,95,110)(H,96,109)(H3,83,89,113)(H2,97,98,102,114)/t59-,60-,61+,62+,63+,64-,65+,66+,67-,68-/m0/s1. The Morgan fingerprint density at radius 3 is 1.57 bits per heavy atom. The van der Waals surface area contributed by atoms with Crippen molar-refractivity contribution in [1.29, 1.82) is 0 Å². The molecule has 2 saturated heterocycles. The van der Waals surface area contributed by atoms with E-state index in [9.17, 15) is 62.6 Å². The molecule has 33 heteroatoms. The lowest BCUT2D eigenvalue weighted by molar-refractivity contribution is -0.142. The van der Waals surface area contributed by atoms with Crippen LogP contribution in [0.25, 0.3) is 10.8 Å². The van der Waals surface area contributed by atoms with Gasteiger partial charge in [0.2, 0.25) is 70.9 Å². The van der Waals surface area contributed by atoms with Gasteiger partial charge in [-0.3, -0.25) is 67.8 Å². The molecule has 3 heterocycles. The van der Waals surface area contributed by atoms with Crippen LogP contribution in [0.1, 0.15) is 114 Å². The van der Waals surface area contributed by atoms with Crippen LogP contribution in [-0.4, -0.2) is 191 Å². The third-order valence-corrected chi connectivity index (χ3v) is 19.3. The van der Waals surface area contributed by atoms with Crippen LogP contribution >= 0.6 is 11.6 Å². The summed E-state index contributed by atoms with van der Waals surface area (Å²) in [4.78, 5) is 201. The van der Waals surface area contributed by atoms with E-state index in [0.29, 0.717) is 71.6 Å². The highest BCUT2D eigenvalue weighted by Gasteiger charge is 2.40. The van der Waals surface area contributed by atoms with E-state index in [1.807, 2.05) is 70.2 Å². The van der Waals surface area contributed by atoms with Crippen molar-refractivity contribution < 1.29 is 72.2 Å². The van der Waals surface area contributed by atoms with Gasteiger partial charge in [0.05, 0.1) is 13.0 Å². The average Bonchev–Trinajstić information content (AvgIpc) is 1.42. The zero-order valence-corrected chi connectivity index (χ0v) is 65.3. The van der Waals surface area contributed by atoms with E-state index in [2.05, 4.69) is 79.4 Å². The van der Waals surface area contributed by atoms with Crippen LogP contribution < -0.4 is 80.2 Å². The predicted octanol–water partition coefficient (Wildman–Crippen LogP) is 2.66. The Morgan fingerprint density at radius 1 is 0.561 bits per heavy atom. The Hall–Kier alpha value is -11.9. The summed E-state index contributed by atoms with van der Waals surface area (Å²) in [6.45, 7) is 10.7. The minimum absolute atomic E-state index is 0.0124. The number of imide groups is 1. The summed E-state index contributed by atoms with van der Waals surface area (Å²) in [7, 11) is 0. The molecule has 0 unspecified atom stereocenters. The number of benzene rings is 5.